The average Bonchev–Trinajstić information content (AvgIpc) is 2.19. The molecule has 13 heavy (non-hydrogen) atoms. The lowest BCUT2D eigenvalue weighted by molar-refractivity contribution is -0.133. The van der Waals surface area contributed by atoms with Crippen molar-refractivity contribution in [1.82, 2.24) is 0 Å². The van der Waals surface area contributed by atoms with Crippen molar-refractivity contribution < 1.29 is 14.3 Å². The van der Waals surface area contributed by atoms with Crippen LogP contribution < -0.4 is 0 Å². The molecule has 2 heterocycles. The highest BCUT2D eigenvalue weighted by Crippen LogP contribution is 2.26. The molecule has 1 unspecified atom stereocenters. The molecule has 2 aliphatic rings. The van der Waals surface area contributed by atoms with Gasteiger partial charge in [-0.3, -0.25) is 4.79 Å². The Balaban J connectivity index is 1.87. The van der Waals surface area contributed by atoms with Crippen LogP contribution in [0.2, 0.25) is 0 Å². The van der Waals surface area contributed by atoms with Gasteiger partial charge >= 0.3 is 0 Å². The summed E-state index contributed by atoms with van der Waals surface area (Å²) in [4.78, 5) is 11.2. The summed E-state index contributed by atoms with van der Waals surface area (Å²) in [6.07, 6.45) is 3.53. The fourth-order valence-electron chi connectivity index (χ4n) is 2.10. The van der Waals surface area contributed by atoms with Crippen molar-refractivity contribution in [1.29, 1.82) is 0 Å². The largest absolute Gasteiger partial charge is 0.381 e. The van der Waals surface area contributed by atoms with Gasteiger partial charge in [-0.2, -0.15) is 0 Å². The van der Waals surface area contributed by atoms with Gasteiger partial charge in [-0.1, -0.05) is 0 Å². The van der Waals surface area contributed by atoms with Crippen molar-refractivity contribution in [3.8, 4) is 0 Å². The van der Waals surface area contributed by atoms with Crippen LogP contribution in [0, 0.1) is 5.92 Å². The van der Waals surface area contributed by atoms with Crippen LogP contribution in [0.25, 0.3) is 0 Å². The summed E-state index contributed by atoms with van der Waals surface area (Å²) in [6.45, 7) is 2.29. The van der Waals surface area contributed by atoms with Gasteiger partial charge in [-0.25, -0.2) is 0 Å². The number of carbonyl (C=O) groups excluding carboxylic acids is 1. The summed E-state index contributed by atoms with van der Waals surface area (Å²) in [5.74, 6) is 0.917. The van der Waals surface area contributed by atoms with Crippen molar-refractivity contribution in [3.05, 3.63) is 0 Å². The molecule has 0 amide bonds. The zero-order valence-corrected chi connectivity index (χ0v) is 7.83. The highest BCUT2D eigenvalue weighted by Gasteiger charge is 2.29. The Morgan fingerprint density at radius 2 is 1.92 bits per heavy atom. The highest BCUT2D eigenvalue weighted by atomic mass is 16.5. The molecule has 1 atom stereocenters. The summed E-state index contributed by atoms with van der Waals surface area (Å²) >= 11 is 0. The van der Waals surface area contributed by atoms with E-state index in [9.17, 15) is 4.79 Å². The highest BCUT2D eigenvalue weighted by molar-refractivity contribution is 5.79. The number of ether oxygens (including phenoxy) is 2. The first kappa shape index (κ1) is 9.16. The predicted octanol–water partition coefficient (Wildman–Crippen LogP) is 1.16. The van der Waals surface area contributed by atoms with Crippen LogP contribution in [0.4, 0.5) is 0 Å². The van der Waals surface area contributed by atoms with E-state index in [1.54, 1.807) is 0 Å². The Kier molecular flexibility index (Phi) is 2.96. The van der Waals surface area contributed by atoms with Crippen LogP contribution in [0.1, 0.15) is 25.7 Å². The molecule has 0 bridgehead atoms. The van der Waals surface area contributed by atoms with Gasteiger partial charge in [0.15, 0.2) is 0 Å². The molecule has 0 aromatic carbocycles. The maximum atomic E-state index is 11.2. The van der Waals surface area contributed by atoms with Crippen molar-refractivity contribution >= 4 is 5.78 Å². The fraction of sp³-hybridized carbons (Fsp3) is 0.900. The third-order valence-electron chi connectivity index (χ3n) is 2.93. The predicted molar refractivity (Wildman–Crippen MR) is 47.5 cm³/mol. The maximum Gasteiger partial charge on any atom is 0.137 e. The van der Waals surface area contributed by atoms with Crippen LogP contribution >= 0.6 is 0 Å². The standard InChI is InChI=1S/C10H16O3/c11-9-3-6-13-10(7-9)8-1-4-12-5-2-8/h8,10H,1-7H2. The van der Waals surface area contributed by atoms with Crippen LogP contribution in [0.5, 0.6) is 0 Å². The van der Waals surface area contributed by atoms with E-state index in [1.165, 1.54) is 0 Å². The number of rotatable bonds is 1. The van der Waals surface area contributed by atoms with Gasteiger partial charge in [0.2, 0.25) is 0 Å². The minimum absolute atomic E-state index is 0.185. The zero-order valence-electron chi connectivity index (χ0n) is 7.83. The normalized spacial score (nSPS) is 32.0. The van der Waals surface area contributed by atoms with Crippen LogP contribution in [0.15, 0.2) is 0 Å². The minimum atomic E-state index is 0.185. The van der Waals surface area contributed by atoms with E-state index in [2.05, 4.69) is 0 Å². The second kappa shape index (κ2) is 4.20. The second-order valence-electron chi connectivity index (χ2n) is 3.85. The summed E-state index contributed by atoms with van der Waals surface area (Å²) in [6, 6.07) is 0. The number of hydrogen-bond acceptors (Lipinski definition) is 3. The number of ketones is 1. The molecule has 0 saturated carbocycles. The molecular weight excluding hydrogens is 168 g/mol. The SMILES string of the molecule is O=C1CCOC(C2CCOCC2)C1. The molecule has 3 nitrogen and oxygen atoms in total. The Morgan fingerprint density at radius 3 is 2.62 bits per heavy atom. The summed E-state index contributed by atoms with van der Waals surface area (Å²) < 4.78 is 10.9. The Bertz CT molecular complexity index is 185. The van der Waals surface area contributed by atoms with Crippen molar-refractivity contribution in [2.24, 2.45) is 5.92 Å². The zero-order chi connectivity index (χ0) is 9.10. The smallest absolute Gasteiger partial charge is 0.137 e. The van der Waals surface area contributed by atoms with Gasteiger partial charge in [-0.05, 0) is 18.8 Å². The number of hydrogen-bond donors (Lipinski definition) is 0. The van der Waals surface area contributed by atoms with E-state index in [0.29, 0.717) is 31.1 Å². The van der Waals surface area contributed by atoms with E-state index in [4.69, 9.17) is 9.47 Å². The monoisotopic (exact) mass is 184 g/mol. The summed E-state index contributed by atoms with van der Waals surface area (Å²) in [7, 11) is 0. The molecule has 0 aromatic heterocycles. The first-order valence-electron chi connectivity index (χ1n) is 5.07. The van der Waals surface area contributed by atoms with Crippen LogP contribution in [-0.4, -0.2) is 31.7 Å². The maximum absolute atomic E-state index is 11.2. The Labute approximate surface area is 78.4 Å². The molecule has 0 N–H and O–H groups in total. The molecule has 0 spiro atoms. The molecule has 3 heteroatoms. The molecule has 74 valence electrons. The van der Waals surface area contributed by atoms with Crippen molar-refractivity contribution in [2.75, 3.05) is 19.8 Å². The van der Waals surface area contributed by atoms with E-state index < -0.39 is 0 Å². The average molecular weight is 184 g/mol. The van der Waals surface area contributed by atoms with Gasteiger partial charge < -0.3 is 9.47 Å². The lowest BCUT2D eigenvalue weighted by Crippen LogP contribution is -2.35. The summed E-state index contributed by atoms with van der Waals surface area (Å²) in [5, 5.41) is 0. The first-order chi connectivity index (χ1) is 6.36. The first-order valence-corrected chi connectivity index (χ1v) is 5.07. The van der Waals surface area contributed by atoms with E-state index in [-0.39, 0.29) is 6.10 Å². The molecule has 2 rings (SSSR count). The van der Waals surface area contributed by atoms with Gasteiger partial charge in [0.25, 0.3) is 0 Å². The van der Waals surface area contributed by atoms with Gasteiger partial charge in [-0.15, -0.1) is 0 Å². The number of carbonyl (C=O) groups is 1. The Hall–Kier alpha value is -0.410. The van der Waals surface area contributed by atoms with Crippen molar-refractivity contribution in [3.63, 3.8) is 0 Å². The van der Waals surface area contributed by atoms with Gasteiger partial charge in [0.05, 0.1) is 12.7 Å². The lowest BCUT2D eigenvalue weighted by Gasteiger charge is -2.32. The molecule has 0 aromatic rings. The number of Topliss-reactive ketones (excluding diaryl/α,β-unsaturated/α-hetero) is 1. The van der Waals surface area contributed by atoms with Crippen LogP contribution in [-0.2, 0) is 14.3 Å². The lowest BCUT2D eigenvalue weighted by atomic mass is 9.89. The quantitative estimate of drug-likeness (QED) is 0.613. The fourth-order valence-corrected chi connectivity index (χ4v) is 2.10. The molecule has 2 aliphatic heterocycles. The minimum Gasteiger partial charge on any atom is -0.381 e. The third-order valence-corrected chi connectivity index (χ3v) is 2.93. The molecule has 2 saturated heterocycles. The van der Waals surface area contributed by atoms with Gasteiger partial charge in [0.1, 0.15) is 5.78 Å². The van der Waals surface area contributed by atoms with Gasteiger partial charge in [0, 0.05) is 26.1 Å². The molecule has 0 aliphatic carbocycles. The van der Waals surface area contributed by atoms with E-state index in [0.717, 1.165) is 26.1 Å². The molecule has 2 fully saturated rings. The van der Waals surface area contributed by atoms with Crippen LogP contribution in [0.3, 0.4) is 0 Å². The van der Waals surface area contributed by atoms with E-state index in [1.807, 2.05) is 0 Å². The molecule has 0 radical (unpaired) electrons. The topological polar surface area (TPSA) is 35.5 Å². The summed E-state index contributed by atoms with van der Waals surface area (Å²) in [5.41, 5.74) is 0. The van der Waals surface area contributed by atoms with E-state index >= 15 is 0 Å². The second-order valence-corrected chi connectivity index (χ2v) is 3.85. The molecular formula is C10H16O3. The third kappa shape index (κ3) is 2.29. The Morgan fingerprint density at radius 1 is 1.15 bits per heavy atom. The van der Waals surface area contributed by atoms with Crippen molar-refractivity contribution in [2.45, 2.75) is 31.8 Å².